The van der Waals surface area contributed by atoms with Gasteiger partial charge in [0, 0.05) is 16.4 Å². The Kier molecular flexibility index (Phi) is 3.46. The van der Waals surface area contributed by atoms with Gasteiger partial charge in [0.05, 0.1) is 5.69 Å². The Morgan fingerprint density at radius 3 is 2.50 bits per heavy atom. The summed E-state index contributed by atoms with van der Waals surface area (Å²) in [4.78, 5) is 5.69. The van der Waals surface area contributed by atoms with Crippen molar-refractivity contribution in [1.29, 1.82) is 0 Å². The molecule has 2 rings (SSSR count). The summed E-state index contributed by atoms with van der Waals surface area (Å²) in [5.41, 5.74) is 2.30. The monoisotopic (exact) mass is 252 g/mol. The summed E-state index contributed by atoms with van der Waals surface area (Å²) in [5.74, 6) is 0. The van der Waals surface area contributed by atoms with Crippen LogP contribution in [0.25, 0.3) is 0 Å². The molecule has 1 heterocycles. The summed E-state index contributed by atoms with van der Waals surface area (Å²) in [5, 5.41) is 5.05. The molecule has 0 aliphatic rings. The fourth-order valence-electron chi connectivity index (χ4n) is 1.33. The van der Waals surface area contributed by atoms with E-state index >= 15 is 0 Å². The average Bonchev–Trinajstić information content (AvgIpc) is 2.58. The number of aromatic nitrogens is 1. The molecule has 0 saturated heterocycles. The molecule has 1 aromatic carbocycles. The maximum Gasteiger partial charge on any atom is 0.183 e. The van der Waals surface area contributed by atoms with E-state index in [1.54, 1.807) is 11.3 Å². The molecule has 0 atom stereocenters. The fourth-order valence-corrected chi connectivity index (χ4v) is 2.26. The molecule has 1 N–H and O–H groups in total. The topological polar surface area (TPSA) is 24.9 Å². The second kappa shape index (κ2) is 4.85. The Balaban J connectivity index is 1.99. The number of anilines is 1. The van der Waals surface area contributed by atoms with Gasteiger partial charge in [-0.2, -0.15) is 0 Å². The summed E-state index contributed by atoms with van der Waals surface area (Å²) in [6, 6.07) is 7.83. The summed E-state index contributed by atoms with van der Waals surface area (Å²) >= 11 is 7.51. The normalized spacial score (nSPS) is 10.4. The van der Waals surface area contributed by atoms with Gasteiger partial charge in [-0.25, -0.2) is 4.98 Å². The van der Waals surface area contributed by atoms with E-state index in [0.717, 1.165) is 22.4 Å². The quantitative estimate of drug-likeness (QED) is 0.892. The SMILES string of the molecule is Cc1nc(NCc2ccc(Cl)cc2)sc1C. The number of rotatable bonds is 3. The van der Waals surface area contributed by atoms with Crippen molar-refractivity contribution >= 4 is 28.1 Å². The fraction of sp³-hybridized carbons (Fsp3) is 0.250. The molecule has 16 heavy (non-hydrogen) atoms. The van der Waals surface area contributed by atoms with Gasteiger partial charge in [0.2, 0.25) is 0 Å². The van der Waals surface area contributed by atoms with Crippen LogP contribution in [-0.4, -0.2) is 4.98 Å². The smallest absolute Gasteiger partial charge is 0.183 e. The van der Waals surface area contributed by atoms with Crippen molar-refractivity contribution < 1.29 is 0 Å². The van der Waals surface area contributed by atoms with Crippen molar-refractivity contribution in [3.63, 3.8) is 0 Å². The van der Waals surface area contributed by atoms with Gasteiger partial charge in [0.1, 0.15) is 0 Å². The molecule has 0 radical (unpaired) electrons. The molecule has 0 saturated carbocycles. The van der Waals surface area contributed by atoms with E-state index in [9.17, 15) is 0 Å². The van der Waals surface area contributed by atoms with Gasteiger partial charge in [-0.1, -0.05) is 23.7 Å². The first-order valence-corrected chi connectivity index (χ1v) is 6.27. The zero-order chi connectivity index (χ0) is 11.5. The van der Waals surface area contributed by atoms with Crippen molar-refractivity contribution in [3.8, 4) is 0 Å². The third-order valence-corrected chi connectivity index (χ3v) is 3.67. The van der Waals surface area contributed by atoms with Gasteiger partial charge >= 0.3 is 0 Å². The molecule has 0 bridgehead atoms. The number of nitrogens with zero attached hydrogens (tertiary/aromatic N) is 1. The van der Waals surface area contributed by atoms with Crippen LogP contribution in [0, 0.1) is 13.8 Å². The van der Waals surface area contributed by atoms with E-state index in [-0.39, 0.29) is 0 Å². The van der Waals surface area contributed by atoms with Gasteiger partial charge in [-0.15, -0.1) is 11.3 Å². The van der Waals surface area contributed by atoms with E-state index in [2.05, 4.69) is 17.2 Å². The number of aryl methyl sites for hydroxylation is 2. The highest BCUT2D eigenvalue weighted by Crippen LogP contribution is 2.21. The van der Waals surface area contributed by atoms with Crippen molar-refractivity contribution in [3.05, 3.63) is 45.4 Å². The maximum atomic E-state index is 5.82. The van der Waals surface area contributed by atoms with Crippen LogP contribution in [-0.2, 0) is 6.54 Å². The number of thiazole rings is 1. The molecular formula is C12H13ClN2S. The highest BCUT2D eigenvalue weighted by Gasteiger charge is 2.02. The number of hydrogen-bond acceptors (Lipinski definition) is 3. The molecule has 1 aromatic heterocycles. The molecule has 0 fully saturated rings. The van der Waals surface area contributed by atoms with Crippen molar-refractivity contribution in [2.75, 3.05) is 5.32 Å². The van der Waals surface area contributed by atoms with Crippen LogP contribution in [0.15, 0.2) is 24.3 Å². The lowest BCUT2D eigenvalue weighted by Crippen LogP contribution is -1.98. The van der Waals surface area contributed by atoms with E-state index in [0.29, 0.717) is 0 Å². The van der Waals surface area contributed by atoms with Crippen molar-refractivity contribution in [2.24, 2.45) is 0 Å². The number of nitrogens with one attached hydrogen (secondary N) is 1. The second-order valence-electron chi connectivity index (χ2n) is 3.64. The third-order valence-electron chi connectivity index (χ3n) is 2.39. The highest BCUT2D eigenvalue weighted by atomic mass is 35.5. The summed E-state index contributed by atoms with van der Waals surface area (Å²) in [6.45, 7) is 4.89. The molecule has 0 aliphatic heterocycles. The molecule has 2 nitrogen and oxygen atoms in total. The predicted octanol–water partition coefficient (Wildman–Crippen LogP) is 4.03. The highest BCUT2D eigenvalue weighted by molar-refractivity contribution is 7.15. The van der Waals surface area contributed by atoms with Crippen LogP contribution in [0.5, 0.6) is 0 Å². The zero-order valence-corrected chi connectivity index (χ0v) is 10.8. The lowest BCUT2D eigenvalue weighted by Gasteiger charge is -2.02. The van der Waals surface area contributed by atoms with Gasteiger partial charge in [-0.05, 0) is 31.5 Å². The van der Waals surface area contributed by atoms with Crippen molar-refractivity contribution in [1.82, 2.24) is 4.98 Å². The molecule has 84 valence electrons. The lowest BCUT2D eigenvalue weighted by molar-refractivity contribution is 1.12. The second-order valence-corrected chi connectivity index (χ2v) is 5.28. The predicted molar refractivity (Wildman–Crippen MR) is 70.4 cm³/mol. The van der Waals surface area contributed by atoms with E-state index in [1.807, 2.05) is 31.2 Å². The van der Waals surface area contributed by atoms with E-state index in [4.69, 9.17) is 11.6 Å². The zero-order valence-electron chi connectivity index (χ0n) is 9.25. The number of benzene rings is 1. The Hall–Kier alpha value is -1.06. The van der Waals surface area contributed by atoms with Gasteiger partial charge < -0.3 is 5.32 Å². The molecular weight excluding hydrogens is 240 g/mol. The first-order chi connectivity index (χ1) is 7.65. The standard InChI is InChI=1S/C12H13ClN2S/c1-8-9(2)16-12(15-8)14-7-10-3-5-11(13)6-4-10/h3-6H,7H2,1-2H3,(H,14,15). The number of halogens is 1. The summed E-state index contributed by atoms with van der Waals surface area (Å²) < 4.78 is 0. The van der Waals surface area contributed by atoms with Crippen molar-refractivity contribution in [2.45, 2.75) is 20.4 Å². The number of hydrogen-bond donors (Lipinski definition) is 1. The minimum absolute atomic E-state index is 0.768. The Morgan fingerprint density at radius 1 is 1.25 bits per heavy atom. The molecule has 0 aliphatic carbocycles. The van der Waals surface area contributed by atoms with Crippen LogP contribution >= 0.6 is 22.9 Å². The van der Waals surface area contributed by atoms with Gasteiger partial charge in [-0.3, -0.25) is 0 Å². The van der Waals surface area contributed by atoms with Crippen LogP contribution in [0.1, 0.15) is 16.1 Å². The summed E-state index contributed by atoms with van der Waals surface area (Å²) in [6.07, 6.45) is 0. The van der Waals surface area contributed by atoms with Gasteiger partial charge in [0.25, 0.3) is 0 Å². The molecule has 0 unspecified atom stereocenters. The van der Waals surface area contributed by atoms with Crippen LogP contribution in [0.3, 0.4) is 0 Å². The third kappa shape index (κ3) is 2.74. The van der Waals surface area contributed by atoms with E-state index in [1.165, 1.54) is 10.4 Å². The lowest BCUT2D eigenvalue weighted by atomic mass is 10.2. The van der Waals surface area contributed by atoms with Gasteiger partial charge in [0.15, 0.2) is 5.13 Å². The van der Waals surface area contributed by atoms with Crippen LogP contribution in [0.4, 0.5) is 5.13 Å². The molecule has 0 spiro atoms. The Labute approximate surface area is 104 Å². The maximum absolute atomic E-state index is 5.82. The van der Waals surface area contributed by atoms with E-state index < -0.39 is 0 Å². The average molecular weight is 253 g/mol. The molecule has 2 aromatic rings. The Morgan fingerprint density at radius 2 is 1.94 bits per heavy atom. The summed E-state index contributed by atoms with van der Waals surface area (Å²) in [7, 11) is 0. The first-order valence-electron chi connectivity index (χ1n) is 5.07. The van der Waals surface area contributed by atoms with Crippen LogP contribution < -0.4 is 5.32 Å². The van der Waals surface area contributed by atoms with Crippen LogP contribution in [0.2, 0.25) is 5.02 Å². The first kappa shape index (κ1) is 11.4. The minimum atomic E-state index is 0.768. The molecule has 0 amide bonds. The Bertz CT molecular complexity index is 457. The largest absolute Gasteiger partial charge is 0.357 e. The molecule has 4 heteroatoms. The minimum Gasteiger partial charge on any atom is -0.357 e.